The minimum Gasteiger partial charge on any atom is -0.469 e. The van der Waals surface area contributed by atoms with Crippen molar-refractivity contribution in [3.8, 4) is 0 Å². The Morgan fingerprint density at radius 2 is 1.88 bits per heavy atom. The molecule has 0 aromatic heterocycles. The normalized spacial score (nSPS) is 14.4. The molecular formula is C17H26NO6P. The van der Waals surface area contributed by atoms with Gasteiger partial charge in [-0.05, 0) is 17.9 Å². The number of hydrogen-bond acceptors (Lipinski definition) is 5. The van der Waals surface area contributed by atoms with Crippen molar-refractivity contribution >= 4 is 19.4 Å². The lowest BCUT2D eigenvalue weighted by atomic mass is 10.1. The van der Waals surface area contributed by atoms with Crippen molar-refractivity contribution in [1.82, 2.24) is 5.32 Å². The van der Waals surface area contributed by atoms with Gasteiger partial charge in [-0.25, -0.2) is 4.79 Å². The molecule has 1 aromatic carbocycles. The maximum absolute atomic E-state index is 12.6. The Kier molecular flexibility index (Phi) is 8.66. The molecule has 0 radical (unpaired) electrons. The van der Waals surface area contributed by atoms with E-state index in [0.29, 0.717) is 6.42 Å². The van der Waals surface area contributed by atoms with Gasteiger partial charge in [-0.15, -0.1) is 0 Å². The number of esters is 1. The average Bonchev–Trinajstić information content (AvgIpc) is 2.58. The topological polar surface area (TPSA) is 102 Å². The van der Waals surface area contributed by atoms with E-state index in [0.717, 1.165) is 5.56 Å². The molecule has 0 aliphatic rings. The maximum Gasteiger partial charge on any atom is 0.408 e. The summed E-state index contributed by atoms with van der Waals surface area (Å²) in [4.78, 5) is 33.5. The summed E-state index contributed by atoms with van der Waals surface area (Å²) in [5, 5.41) is 2.47. The molecule has 0 saturated heterocycles. The molecule has 0 bridgehead atoms. The predicted octanol–water partition coefficient (Wildman–Crippen LogP) is 3.12. The molecule has 25 heavy (non-hydrogen) atoms. The first-order valence-electron chi connectivity index (χ1n) is 8.10. The number of carbonyl (C=O) groups excluding carboxylic acids is 2. The summed E-state index contributed by atoms with van der Waals surface area (Å²) in [6, 6.07) is 9.13. The van der Waals surface area contributed by atoms with E-state index in [4.69, 9.17) is 4.74 Å². The van der Waals surface area contributed by atoms with E-state index >= 15 is 0 Å². The van der Waals surface area contributed by atoms with Crippen molar-refractivity contribution in [3.63, 3.8) is 0 Å². The van der Waals surface area contributed by atoms with Gasteiger partial charge in [0.25, 0.3) is 0 Å². The van der Waals surface area contributed by atoms with Crippen LogP contribution < -0.4 is 5.32 Å². The number of alkyl carbamates (subject to hydrolysis) is 1. The van der Waals surface area contributed by atoms with Crippen molar-refractivity contribution in [2.45, 2.75) is 39.1 Å². The van der Waals surface area contributed by atoms with Crippen LogP contribution in [0.5, 0.6) is 0 Å². The summed E-state index contributed by atoms with van der Waals surface area (Å²) in [6.07, 6.45) is -0.896. The molecule has 1 amide bonds. The van der Waals surface area contributed by atoms with E-state index in [1.165, 1.54) is 7.11 Å². The zero-order valence-corrected chi connectivity index (χ0v) is 15.7. The minimum atomic E-state index is -3.79. The van der Waals surface area contributed by atoms with Gasteiger partial charge in [0.05, 0.1) is 13.5 Å². The molecule has 0 heterocycles. The fourth-order valence-electron chi connectivity index (χ4n) is 2.18. The highest BCUT2D eigenvalue weighted by Crippen LogP contribution is 2.48. The summed E-state index contributed by atoms with van der Waals surface area (Å²) >= 11 is 0. The van der Waals surface area contributed by atoms with Crippen LogP contribution in [0, 0.1) is 5.92 Å². The lowest BCUT2D eigenvalue weighted by Gasteiger charge is -2.25. The van der Waals surface area contributed by atoms with Crippen molar-refractivity contribution in [3.05, 3.63) is 35.9 Å². The standard InChI is InChI=1S/C17H26NO6P/c1-13(2)11-15(25(21,22)10-9-16(19)23-3)18-17(20)24-12-14-7-5-4-6-8-14/h4-8,13,15H,9-12H2,1-3H3,(H,18,20)(H,21,22). The lowest BCUT2D eigenvalue weighted by Crippen LogP contribution is -2.37. The van der Waals surface area contributed by atoms with Gasteiger partial charge >= 0.3 is 12.1 Å². The Hall–Kier alpha value is -1.85. The van der Waals surface area contributed by atoms with Crippen LogP contribution in [0.15, 0.2) is 30.3 Å². The van der Waals surface area contributed by atoms with Gasteiger partial charge in [-0.1, -0.05) is 44.2 Å². The highest BCUT2D eigenvalue weighted by molar-refractivity contribution is 7.58. The second kappa shape index (κ2) is 10.2. The number of rotatable bonds is 9. The maximum atomic E-state index is 12.6. The van der Waals surface area contributed by atoms with Crippen molar-refractivity contribution in [1.29, 1.82) is 0 Å². The monoisotopic (exact) mass is 371 g/mol. The SMILES string of the molecule is COC(=O)CCP(=O)(O)C(CC(C)C)NC(=O)OCc1ccccc1. The van der Waals surface area contributed by atoms with Gasteiger partial charge < -0.3 is 19.7 Å². The number of amides is 1. The Labute approximate surface area is 148 Å². The quantitative estimate of drug-likeness (QED) is 0.511. The van der Waals surface area contributed by atoms with E-state index in [-0.39, 0.29) is 25.1 Å². The van der Waals surface area contributed by atoms with Crippen LogP contribution in [-0.2, 0) is 25.4 Å². The van der Waals surface area contributed by atoms with Crippen LogP contribution in [0.25, 0.3) is 0 Å². The zero-order chi connectivity index (χ0) is 18.9. The van der Waals surface area contributed by atoms with Gasteiger partial charge in [-0.3, -0.25) is 9.36 Å². The molecule has 1 aromatic rings. The summed E-state index contributed by atoms with van der Waals surface area (Å²) in [6.45, 7) is 3.83. The molecule has 7 nitrogen and oxygen atoms in total. The fraction of sp³-hybridized carbons (Fsp3) is 0.529. The first-order valence-corrected chi connectivity index (χ1v) is 10.0. The molecule has 2 atom stereocenters. The second-order valence-corrected chi connectivity index (χ2v) is 8.74. The molecule has 8 heteroatoms. The van der Waals surface area contributed by atoms with Gasteiger partial charge in [-0.2, -0.15) is 0 Å². The molecular weight excluding hydrogens is 345 g/mol. The van der Waals surface area contributed by atoms with Gasteiger partial charge in [0, 0.05) is 6.16 Å². The average molecular weight is 371 g/mol. The highest BCUT2D eigenvalue weighted by Gasteiger charge is 2.33. The van der Waals surface area contributed by atoms with Crippen LogP contribution in [0.1, 0.15) is 32.3 Å². The molecule has 0 aliphatic heterocycles. The largest absolute Gasteiger partial charge is 0.469 e. The third-order valence-corrected chi connectivity index (χ3v) is 5.72. The van der Waals surface area contributed by atoms with Crippen LogP contribution in [0.4, 0.5) is 4.79 Å². The van der Waals surface area contributed by atoms with Gasteiger partial charge in [0.15, 0.2) is 0 Å². The lowest BCUT2D eigenvalue weighted by molar-refractivity contribution is -0.140. The Morgan fingerprint density at radius 3 is 2.44 bits per heavy atom. The molecule has 0 spiro atoms. The predicted molar refractivity (Wildman–Crippen MR) is 94.3 cm³/mol. The Morgan fingerprint density at radius 1 is 1.24 bits per heavy atom. The van der Waals surface area contributed by atoms with Crippen molar-refractivity contribution in [2.24, 2.45) is 5.92 Å². The number of nitrogens with one attached hydrogen (secondary N) is 1. The molecule has 2 N–H and O–H groups in total. The molecule has 0 saturated carbocycles. The van der Waals surface area contributed by atoms with Crippen molar-refractivity contribution in [2.75, 3.05) is 13.3 Å². The van der Waals surface area contributed by atoms with E-state index in [1.54, 1.807) is 0 Å². The van der Waals surface area contributed by atoms with E-state index < -0.39 is 25.2 Å². The molecule has 1 rings (SSSR count). The summed E-state index contributed by atoms with van der Waals surface area (Å²) in [7, 11) is -2.57. The highest BCUT2D eigenvalue weighted by atomic mass is 31.2. The first-order chi connectivity index (χ1) is 11.7. The summed E-state index contributed by atoms with van der Waals surface area (Å²) < 4.78 is 22.2. The minimum absolute atomic E-state index is 0.0684. The zero-order valence-electron chi connectivity index (χ0n) is 14.8. The van der Waals surface area contributed by atoms with Crippen LogP contribution >= 0.6 is 7.37 Å². The number of methoxy groups -OCH3 is 1. The van der Waals surface area contributed by atoms with E-state index in [9.17, 15) is 19.0 Å². The van der Waals surface area contributed by atoms with E-state index in [2.05, 4.69) is 10.1 Å². The number of hydrogen-bond donors (Lipinski definition) is 2. The van der Waals surface area contributed by atoms with Crippen LogP contribution in [-0.4, -0.2) is 36.0 Å². The third kappa shape index (κ3) is 8.18. The molecule has 0 aliphatic carbocycles. The first kappa shape index (κ1) is 21.2. The second-order valence-electron chi connectivity index (χ2n) is 6.16. The van der Waals surface area contributed by atoms with Crippen LogP contribution in [0.3, 0.4) is 0 Å². The smallest absolute Gasteiger partial charge is 0.408 e. The molecule has 2 unspecified atom stereocenters. The fourth-order valence-corrected chi connectivity index (χ4v) is 4.05. The third-order valence-electron chi connectivity index (χ3n) is 3.54. The number of carbonyl (C=O) groups is 2. The summed E-state index contributed by atoms with van der Waals surface area (Å²) in [5.41, 5.74) is 0.816. The van der Waals surface area contributed by atoms with Gasteiger partial charge in [0.1, 0.15) is 12.4 Å². The number of ether oxygens (including phenoxy) is 2. The van der Waals surface area contributed by atoms with Crippen molar-refractivity contribution < 1.29 is 28.5 Å². The van der Waals surface area contributed by atoms with E-state index in [1.807, 2.05) is 44.2 Å². The van der Waals surface area contributed by atoms with Crippen LogP contribution in [0.2, 0.25) is 0 Å². The summed E-state index contributed by atoms with van der Waals surface area (Å²) in [5.74, 6) is -1.46. The number of benzene rings is 1. The Bertz CT molecular complexity index is 604. The molecule has 140 valence electrons. The van der Waals surface area contributed by atoms with Gasteiger partial charge in [0.2, 0.25) is 7.37 Å². The molecule has 0 fully saturated rings. The Balaban J connectivity index is 2.65.